The van der Waals surface area contributed by atoms with E-state index < -0.39 is 11.4 Å². The average Bonchev–Trinajstić information content (AvgIpc) is 2.57. The molecule has 0 saturated carbocycles. The molecule has 2 atom stereocenters. The van der Waals surface area contributed by atoms with E-state index in [0.717, 1.165) is 11.1 Å². The molecular weight excluding hydrogens is 340 g/mol. The number of rotatable bonds is 4. The van der Waals surface area contributed by atoms with Crippen LogP contribution in [0.4, 0.5) is 0 Å². The van der Waals surface area contributed by atoms with E-state index in [1.165, 1.54) is 13.0 Å². The second-order valence-corrected chi connectivity index (χ2v) is 6.89. The van der Waals surface area contributed by atoms with Crippen LogP contribution in [0.2, 0.25) is 5.02 Å². The van der Waals surface area contributed by atoms with Crippen LogP contribution in [0, 0.1) is 6.92 Å². The minimum Gasteiger partial charge on any atom is -0.360 e. The molecule has 0 amide bonds. The van der Waals surface area contributed by atoms with E-state index in [1.54, 1.807) is 43.3 Å². The fourth-order valence-corrected chi connectivity index (χ4v) is 3.11. The standard InChI is InChI=1S/C20H19ClO4/c1-13-5-4-6-16-17(22)11-12-19(2,18(13)16)24-25-20(3,23)14-7-9-15(21)10-8-14/h4-12,23H,1-3H3/t19-,20-/m0/s1. The third-order valence-electron chi connectivity index (χ3n) is 4.34. The molecule has 130 valence electrons. The van der Waals surface area contributed by atoms with Gasteiger partial charge in [-0.2, -0.15) is 4.89 Å². The number of allylic oxidation sites excluding steroid dienone is 1. The third kappa shape index (κ3) is 3.39. The molecule has 3 rings (SSSR count). The lowest BCUT2D eigenvalue weighted by Crippen LogP contribution is -2.35. The van der Waals surface area contributed by atoms with Crippen molar-refractivity contribution in [2.75, 3.05) is 0 Å². The van der Waals surface area contributed by atoms with Crippen molar-refractivity contribution < 1.29 is 19.7 Å². The number of fused-ring (bicyclic) bond motifs is 1. The molecule has 5 heteroatoms. The van der Waals surface area contributed by atoms with Gasteiger partial charge in [0.05, 0.1) is 0 Å². The molecular formula is C20H19ClO4. The molecule has 0 fully saturated rings. The Hall–Kier alpha value is -1.98. The van der Waals surface area contributed by atoms with Crippen molar-refractivity contribution >= 4 is 17.4 Å². The molecule has 1 aliphatic carbocycles. The maximum Gasteiger partial charge on any atom is 0.222 e. The lowest BCUT2D eigenvalue weighted by atomic mass is 9.82. The third-order valence-corrected chi connectivity index (χ3v) is 4.60. The molecule has 0 spiro atoms. The Balaban J connectivity index is 1.89. The molecule has 0 saturated heterocycles. The van der Waals surface area contributed by atoms with E-state index in [1.807, 2.05) is 19.1 Å². The van der Waals surface area contributed by atoms with Gasteiger partial charge in [-0.15, -0.1) is 0 Å². The number of hydrogen-bond donors (Lipinski definition) is 1. The smallest absolute Gasteiger partial charge is 0.222 e. The molecule has 1 aliphatic rings. The zero-order valence-electron chi connectivity index (χ0n) is 14.2. The molecule has 0 aliphatic heterocycles. The highest BCUT2D eigenvalue weighted by Crippen LogP contribution is 2.38. The van der Waals surface area contributed by atoms with Crippen LogP contribution in [0.3, 0.4) is 0 Å². The van der Waals surface area contributed by atoms with Crippen LogP contribution >= 0.6 is 11.6 Å². The lowest BCUT2D eigenvalue weighted by Gasteiger charge is -2.34. The number of aryl methyl sites for hydroxylation is 1. The van der Waals surface area contributed by atoms with Crippen LogP contribution < -0.4 is 0 Å². The Bertz CT molecular complexity index is 839. The fourth-order valence-electron chi connectivity index (χ4n) is 2.98. The number of aliphatic hydroxyl groups is 1. The summed E-state index contributed by atoms with van der Waals surface area (Å²) in [6, 6.07) is 12.1. The summed E-state index contributed by atoms with van der Waals surface area (Å²) >= 11 is 5.88. The van der Waals surface area contributed by atoms with Crippen molar-refractivity contribution in [1.82, 2.24) is 0 Å². The Labute approximate surface area is 151 Å². The summed E-state index contributed by atoms with van der Waals surface area (Å²) in [7, 11) is 0. The second kappa shape index (κ2) is 6.39. The number of benzene rings is 2. The highest BCUT2D eigenvalue weighted by Gasteiger charge is 2.38. The van der Waals surface area contributed by atoms with Crippen molar-refractivity contribution in [1.29, 1.82) is 0 Å². The molecule has 0 unspecified atom stereocenters. The monoisotopic (exact) mass is 358 g/mol. The first kappa shape index (κ1) is 17.8. The summed E-state index contributed by atoms with van der Waals surface area (Å²) in [5, 5.41) is 11.2. The Morgan fingerprint density at radius 1 is 1.16 bits per heavy atom. The number of carbonyl (C=O) groups excluding carboxylic acids is 1. The summed E-state index contributed by atoms with van der Waals surface area (Å²) < 4.78 is 0. The SMILES string of the molecule is Cc1cccc2c1[C@@](C)(OO[C@](C)(O)c1ccc(Cl)cc1)C=CC2=O. The molecule has 0 aromatic heterocycles. The van der Waals surface area contributed by atoms with Crippen molar-refractivity contribution in [2.45, 2.75) is 32.2 Å². The van der Waals surface area contributed by atoms with E-state index in [9.17, 15) is 9.90 Å². The molecule has 0 radical (unpaired) electrons. The average molecular weight is 359 g/mol. The first-order valence-electron chi connectivity index (χ1n) is 7.92. The van der Waals surface area contributed by atoms with Gasteiger partial charge in [0.25, 0.3) is 0 Å². The lowest BCUT2D eigenvalue weighted by molar-refractivity contribution is -0.455. The van der Waals surface area contributed by atoms with Gasteiger partial charge in [-0.25, -0.2) is 4.89 Å². The number of ketones is 1. The first-order chi connectivity index (χ1) is 11.7. The van der Waals surface area contributed by atoms with Gasteiger partial charge in [0.1, 0.15) is 5.60 Å². The van der Waals surface area contributed by atoms with E-state index in [4.69, 9.17) is 21.4 Å². The largest absolute Gasteiger partial charge is 0.360 e. The summed E-state index contributed by atoms with van der Waals surface area (Å²) in [4.78, 5) is 23.2. The predicted molar refractivity (Wildman–Crippen MR) is 95.2 cm³/mol. The van der Waals surface area contributed by atoms with Gasteiger partial charge in [-0.3, -0.25) is 4.79 Å². The Morgan fingerprint density at radius 3 is 2.52 bits per heavy atom. The van der Waals surface area contributed by atoms with Gasteiger partial charge in [-0.1, -0.05) is 41.9 Å². The van der Waals surface area contributed by atoms with Gasteiger partial charge in [-0.05, 0) is 50.6 Å². The zero-order chi connectivity index (χ0) is 18.2. The van der Waals surface area contributed by atoms with Crippen LogP contribution in [0.25, 0.3) is 0 Å². The van der Waals surface area contributed by atoms with E-state index in [2.05, 4.69) is 0 Å². The van der Waals surface area contributed by atoms with Gasteiger partial charge in [0.15, 0.2) is 5.78 Å². The summed E-state index contributed by atoms with van der Waals surface area (Å²) in [6.45, 7) is 5.18. The van der Waals surface area contributed by atoms with Crippen LogP contribution in [0.15, 0.2) is 54.6 Å². The van der Waals surface area contributed by atoms with Crippen LogP contribution in [0.5, 0.6) is 0 Å². The Morgan fingerprint density at radius 2 is 1.84 bits per heavy atom. The van der Waals surface area contributed by atoms with Gasteiger partial charge in [0, 0.05) is 21.7 Å². The van der Waals surface area contributed by atoms with E-state index in [0.29, 0.717) is 16.1 Å². The highest BCUT2D eigenvalue weighted by molar-refractivity contribution is 6.30. The second-order valence-electron chi connectivity index (χ2n) is 6.46. The maximum atomic E-state index is 12.1. The first-order valence-corrected chi connectivity index (χ1v) is 8.30. The van der Waals surface area contributed by atoms with Crippen molar-refractivity contribution in [2.24, 2.45) is 0 Å². The summed E-state index contributed by atoms with van der Waals surface area (Å²) in [5.41, 5.74) is 1.72. The number of carbonyl (C=O) groups is 1. The summed E-state index contributed by atoms with van der Waals surface area (Å²) in [6.07, 6.45) is 3.10. The molecule has 25 heavy (non-hydrogen) atoms. The van der Waals surface area contributed by atoms with Gasteiger partial charge >= 0.3 is 0 Å². The minimum atomic E-state index is -1.67. The predicted octanol–water partition coefficient (Wildman–Crippen LogP) is 4.43. The molecule has 0 bridgehead atoms. The van der Waals surface area contributed by atoms with Crippen LogP contribution in [0.1, 0.15) is 40.9 Å². The quantitative estimate of drug-likeness (QED) is 0.499. The molecule has 2 aromatic rings. The van der Waals surface area contributed by atoms with Gasteiger partial charge in [0.2, 0.25) is 5.79 Å². The van der Waals surface area contributed by atoms with Crippen LogP contribution in [-0.4, -0.2) is 10.9 Å². The van der Waals surface area contributed by atoms with Crippen molar-refractivity contribution in [3.63, 3.8) is 0 Å². The summed E-state index contributed by atoms with van der Waals surface area (Å²) in [5.74, 6) is -1.75. The topological polar surface area (TPSA) is 55.8 Å². The van der Waals surface area contributed by atoms with Crippen molar-refractivity contribution in [3.8, 4) is 0 Å². The van der Waals surface area contributed by atoms with E-state index in [-0.39, 0.29) is 5.78 Å². The number of hydrogen-bond acceptors (Lipinski definition) is 4. The molecule has 2 aromatic carbocycles. The Kier molecular flexibility index (Phi) is 4.56. The minimum absolute atomic E-state index is 0.0794. The molecule has 0 heterocycles. The normalized spacial score (nSPS) is 21.7. The molecule has 4 nitrogen and oxygen atoms in total. The van der Waals surface area contributed by atoms with E-state index >= 15 is 0 Å². The zero-order valence-corrected chi connectivity index (χ0v) is 15.0. The van der Waals surface area contributed by atoms with Gasteiger partial charge < -0.3 is 5.11 Å². The fraction of sp³-hybridized carbons (Fsp3) is 0.250. The number of halogens is 1. The van der Waals surface area contributed by atoms with Crippen molar-refractivity contribution in [3.05, 3.63) is 81.9 Å². The van der Waals surface area contributed by atoms with Crippen LogP contribution in [-0.2, 0) is 21.2 Å². The highest BCUT2D eigenvalue weighted by atomic mass is 35.5. The maximum absolute atomic E-state index is 12.1. The molecule has 1 N–H and O–H groups in total.